The van der Waals surface area contributed by atoms with Crippen LogP contribution in [0.15, 0.2) is 42.6 Å². The highest BCUT2D eigenvalue weighted by molar-refractivity contribution is 7.15. The van der Waals surface area contributed by atoms with Crippen molar-refractivity contribution >= 4 is 17.2 Å². The molecular weight excluding hydrogens is 304 g/mol. The quantitative estimate of drug-likeness (QED) is 0.761. The van der Waals surface area contributed by atoms with Crippen LogP contribution in [0.1, 0.15) is 48.5 Å². The van der Waals surface area contributed by atoms with E-state index in [1.165, 1.54) is 0 Å². The summed E-state index contributed by atoms with van der Waals surface area (Å²) in [5.74, 6) is 0.539. The summed E-state index contributed by atoms with van der Waals surface area (Å²) in [4.78, 5) is 20.3. The van der Waals surface area contributed by atoms with Crippen LogP contribution in [0, 0.1) is 0 Å². The van der Waals surface area contributed by atoms with Gasteiger partial charge >= 0.3 is 0 Å². The van der Waals surface area contributed by atoms with Crippen molar-refractivity contribution < 1.29 is 4.79 Å². The molecule has 0 fully saturated rings. The predicted octanol–water partition coefficient (Wildman–Crippen LogP) is 4.72. The fourth-order valence-corrected chi connectivity index (χ4v) is 3.74. The van der Waals surface area contributed by atoms with Crippen LogP contribution in [0.25, 0.3) is 10.4 Å². The van der Waals surface area contributed by atoms with Gasteiger partial charge in [-0.2, -0.15) is 0 Å². The van der Waals surface area contributed by atoms with Crippen molar-refractivity contribution in [2.45, 2.75) is 39.2 Å². The van der Waals surface area contributed by atoms with Crippen molar-refractivity contribution in [3.8, 4) is 10.4 Å². The molecule has 1 amide bonds. The zero-order valence-corrected chi connectivity index (χ0v) is 14.6. The number of rotatable bonds is 4. The lowest BCUT2D eigenvalue weighted by atomic mass is 10.1. The second kappa shape index (κ2) is 6.67. The lowest BCUT2D eigenvalue weighted by Crippen LogP contribution is -2.35. The molecule has 0 saturated carbocycles. The van der Waals surface area contributed by atoms with Gasteiger partial charge in [-0.25, -0.2) is 4.98 Å². The first-order valence-electron chi connectivity index (χ1n) is 8.14. The van der Waals surface area contributed by atoms with Gasteiger partial charge in [-0.15, -0.1) is 11.3 Å². The molecule has 1 aromatic carbocycles. The van der Waals surface area contributed by atoms with E-state index in [1.807, 2.05) is 35.4 Å². The van der Waals surface area contributed by atoms with Crippen LogP contribution in [0.4, 0.5) is 0 Å². The molecular formula is C19H22N2OS. The fourth-order valence-electron chi connectivity index (χ4n) is 2.82. The Bertz CT molecular complexity index is 732. The van der Waals surface area contributed by atoms with Crippen LogP contribution >= 0.6 is 11.3 Å². The predicted molar refractivity (Wildman–Crippen MR) is 95.9 cm³/mol. The molecule has 120 valence electrons. The number of hydrogen-bond donors (Lipinski definition) is 0. The molecule has 1 atom stereocenters. The van der Waals surface area contributed by atoms with Crippen molar-refractivity contribution in [1.29, 1.82) is 0 Å². The molecule has 3 rings (SSSR count). The Balaban J connectivity index is 1.86. The van der Waals surface area contributed by atoms with Gasteiger partial charge in [-0.1, -0.05) is 45.1 Å². The van der Waals surface area contributed by atoms with Gasteiger partial charge in [0.25, 0.3) is 5.91 Å². The second-order valence-corrected chi connectivity index (χ2v) is 7.22. The summed E-state index contributed by atoms with van der Waals surface area (Å²) in [6.45, 7) is 7.11. The Morgan fingerprint density at radius 3 is 2.96 bits per heavy atom. The van der Waals surface area contributed by atoms with E-state index < -0.39 is 0 Å². The van der Waals surface area contributed by atoms with Crippen LogP contribution < -0.4 is 0 Å². The summed E-state index contributed by atoms with van der Waals surface area (Å²) in [5.41, 5.74) is 1.82. The van der Waals surface area contributed by atoms with Crippen molar-refractivity contribution in [3.63, 3.8) is 0 Å². The van der Waals surface area contributed by atoms with Gasteiger partial charge in [0.15, 0.2) is 0 Å². The molecule has 0 bridgehead atoms. The summed E-state index contributed by atoms with van der Waals surface area (Å²) in [7, 11) is 0. The van der Waals surface area contributed by atoms with Crippen LogP contribution in [-0.4, -0.2) is 28.4 Å². The van der Waals surface area contributed by atoms with Crippen molar-refractivity contribution in [1.82, 2.24) is 9.88 Å². The zero-order valence-electron chi connectivity index (χ0n) is 13.8. The van der Waals surface area contributed by atoms with Gasteiger partial charge in [0, 0.05) is 24.2 Å². The Labute approximate surface area is 141 Å². The standard InChI is InChI=1S/C19H22N2OS/c1-4-16-9-6-10-21(16)19(22)15-8-5-7-14(11-15)17-12-20-18(23-17)13(2)3/h5-9,11-13,16H,4,10H2,1-3H3/t16-/m0/s1. The largest absolute Gasteiger partial charge is 0.329 e. The number of carbonyl (C=O) groups is 1. The van der Waals surface area contributed by atoms with Crippen molar-refractivity contribution in [3.05, 3.63) is 53.2 Å². The number of nitrogens with zero attached hydrogens (tertiary/aromatic N) is 2. The van der Waals surface area contributed by atoms with Crippen LogP contribution in [0.2, 0.25) is 0 Å². The maximum absolute atomic E-state index is 12.8. The molecule has 1 aliphatic heterocycles. The van der Waals surface area contributed by atoms with E-state index in [1.54, 1.807) is 11.3 Å². The third-order valence-corrected chi connectivity index (χ3v) is 5.50. The Morgan fingerprint density at radius 1 is 1.43 bits per heavy atom. The molecule has 23 heavy (non-hydrogen) atoms. The summed E-state index contributed by atoms with van der Waals surface area (Å²) < 4.78 is 0. The first-order valence-corrected chi connectivity index (χ1v) is 8.95. The average molecular weight is 326 g/mol. The lowest BCUT2D eigenvalue weighted by Gasteiger charge is -2.23. The maximum atomic E-state index is 12.8. The molecule has 0 saturated heterocycles. The van der Waals surface area contributed by atoms with Gasteiger partial charge in [0.05, 0.1) is 15.9 Å². The molecule has 2 heterocycles. The van der Waals surface area contributed by atoms with E-state index in [9.17, 15) is 4.79 Å². The highest BCUT2D eigenvalue weighted by atomic mass is 32.1. The average Bonchev–Trinajstić information content (AvgIpc) is 3.23. The summed E-state index contributed by atoms with van der Waals surface area (Å²) in [6.07, 6.45) is 7.07. The molecule has 0 unspecified atom stereocenters. The minimum Gasteiger partial charge on any atom is -0.329 e. The number of amides is 1. The first kappa shape index (κ1) is 15.9. The smallest absolute Gasteiger partial charge is 0.254 e. The van der Waals surface area contributed by atoms with E-state index in [0.717, 1.165) is 27.4 Å². The monoisotopic (exact) mass is 326 g/mol. The fraction of sp³-hybridized carbons (Fsp3) is 0.368. The molecule has 0 N–H and O–H groups in total. The zero-order chi connectivity index (χ0) is 16.4. The van der Waals surface area contributed by atoms with E-state index in [4.69, 9.17) is 0 Å². The topological polar surface area (TPSA) is 33.2 Å². The molecule has 1 aliphatic rings. The van der Waals surface area contributed by atoms with Crippen LogP contribution in [-0.2, 0) is 0 Å². The van der Waals surface area contributed by atoms with E-state index in [0.29, 0.717) is 12.5 Å². The third kappa shape index (κ3) is 3.22. The minimum atomic E-state index is 0.109. The normalized spacial score (nSPS) is 17.2. The Morgan fingerprint density at radius 2 is 2.26 bits per heavy atom. The minimum absolute atomic E-state index is 0.109. The van der Waals surface area contributed by atoms with Crippen LogP contribution in [0.3, 0.4) is 0 Å². The Hall–Kier alpha value is -1.94. The SMILES string of the molecule is CC[C@H]1C=CCN1C(=O)c1cccc(-c2cnc(C(C)C)s2)c1. The number of carbonyl (C=O) groups excluding carboxylic acids is 1. The second-order valence-electron chi connectivity index (χ2n) is 6.16. The summed E-state index contributed by atoms with van der Waals surface area (Å²) in [5, 5.41) is 1.13. The molecule has 1 aromatic heterocycles. The molecule has 0 spiro atoms. The molecule has 4 heteroatoms. The number of aromatic nitrogens is 1. The van der Waals surface area contributed by atoms with Gasteiger partial charge in [-0.3, -0.25) is 4.79 Å². The third-order valence-electron chi connectivity index (χ3n) is 4.15. The molecule has 3 nitrogen and oxygen atoms in total. The number of hydrogen-bond acceptors (Lipinski definition) is 3. The number of thiazole rings is 1. The highest BCUT2D eigenvalue weighted by Crippen LogP contribution is 2.30. The molecule has 0 aliphatic carbocycles. The summed E-state index contributed by atoms with van der Waals surface area (Å²) >= 11 is 1.70. The molecule has 0 radical (unpaired) electrons. The van der Waals surface area contributed by atoms with Gasteiger partial charge in [0.1, 0.15) is 0 Å². The van der Waals surface area contributed by atoms with Gasteiger partial charge < -0.3 is 4.90 Å². The van der Waals surface area contributed by atoms with E-state index in [-0.39, 0.29) is 11.9 Å². The first-order chi connectivity index (χ1) is 11.1. The van der Waals surface area contributed by atoms with Gasteiger partial charge in [-0.05, 0) is 24.1 Å². The lowest BCUT2D eigenvalue weighted by molar-refractivity contribution is 0.0747. The van der Waals surface area contributed by atoms with E-state index in [2.05, 4.69) is 37.9 Å². The van der Waals surface area contributed by atoms with Gasteiger partial charge in [0.2, 0.25) is 0 Å². The van der Waals surface area contributed by atoms with Crippen molar-refractivity contribution in [2.24, 2.45) is 0 Å². The number of benzene rings is 1. The maximum Gasteiger partial charge on any atom is 0.254 e. The van der Waals surface area contributed by atoms with E-state index >= 15 is 0 Å². The van der Waals surface area contributed by atoms with Crippen molar-refractivity contribution in [2.75, 3.05) is 6.54 Å². The Kier molecular flexibility index (Phi) is 4.62. The highest BCUT2D eigenvalue weighted by Gasteiger charge is 2.24. The summed E-state index contributed by atoms with van der Waals surface area (Å²) in [6, 6.07) is 8.13. The van der Waals surface area contributed by atoms with Crippen LogP contribution in [0.5, 0.6) is 0 Å². The molecule has 2 aromatic rings.